The molecule has 7 heteroatoms. The highest BCUT2D eigenvalue weighted by Crippen LogP contribution is 2.24. The molecule has 0 spiro atoms. The Hall–Kier alpha value is -2.83. The maximum atomic E-state index is 12.4. The fourth-order valence-electron chi connectivity index (χ4n) is 2.83. The number of fused-ring (bicyclic) bond motifs is 1. The van der Waals surface area contributed by atoms with E-state index in [9.17, 15) is 4.79 Å². The Morgan fingerprint density at radius 2 is 2.08 bits per heavy atom. The van der Waals surface area contributed by atoms with Crippen molar-refractivity contribution in [3.8, 4) is 5.88 Å². The molecule has 0 aliphatic rings. The van der Waals surface area contributed by atoms with Crippen LogP contribution in [0.4, 0.5) is 0 Å². The summed E-state index contributed by atoms with van der Waals surface area (Å²) < 4.78 is 9.42. The quantitative estimate of drug-likeness (QED) is 0.746. The second-order valence-corrected chi connectivity index (χ2v) is 6.02. The molecule has 0 fully saturated rings. The van der Waals surface area contributed by atoms with Crippen LogP contribution in [0.5, 0.6) is 5.88 Å². The molecule has 2 heterocycles. The van der Waals surface area contributed by atoms with Gasteiger partial charge in [0.05, 0.1) is 28.8 Å². The van der Waals surface area contributed by atoms with Crippen LogP contribution in [-0.2, 0) is 24.9 Å². The average molecular weight is 341 g/mol. The van der Waals surface area contributed by atoms with Crippen LogP contribution in [0.25, 0.3) is 10.9 Å². The van der Waals surface area contributed by atoms with Gasteiger partial charge < -0.3 is 10.1 Å². The van der Waals surface area contributed by atoms with E-state index < -0.39 is 6.10 Å². The van der Waals surface area contributed by atoms with Crippen molar-refractivity contribution in [2.45, 2.75) is 40.0 Å². The van der Waals surface area contributed by atoms with Crippen LogP contribution in [0.15, 0.2) is 30.3 Å². The highest BCUT2D eigenvalue weighted by molar-refractivity contribution is 5.85. The maximum absolute atomic E-state index is 12.4. The standard InChI is InChI=1S/C18H23N5O2/c1-5-23-14(10-12(2)20-23)11-19-17(24)13(3)25-18-15-8-6-7-9-16(15)22(4)21-18/h6-10,13H,5,11H2,1-4H3,(H,19,24)/t13-/m1/s1. The third kappa shape index (κ3) is 3.50. The fourth-order valence-corrected chi connectivity index (χ4v) is 2.83. The molecule has 0 aliphatic carbocycles. The van der Waals surface area contributed by atoms with E-state index in [-0.39, 0.29) is 5.91 Å². The van der Waals surface area contributed by atoms with E-state index in [4.69, 9.17) is 4.74 Å². The molecule has 1 N–H and O–H groups in total. The Bertz CT molecular complexity index is 896. The number of carbonyl (C=O) groups excluding carboxylic acids is 1. The van der Waals surface area contributed by atoms with Gasteiger partial charge in [0, 0.05) is 13.6 Å². The van der Waals surface area contributed by atoms with Crippen molar-refractivity contribution < 1.29 is 9.53 Å². The van der Waals surface area contributed by atoms with Crippen LogP contribution in [0, 0.1) is 6.92 Å². The summed E-state index contributed by atoms with van der Waals surface area (Å²) in [5.74, 6) is 0.284. The summed E-state index contributed by atoms with van der Waals surface area (Å²) in [6, 6.07) is 9.75. The summed E-state index contributed by atoms with van der Waals surface area (Å²) in [7, 11) is 1.86. The fraction of sp³-hybridized carbons (Fsp3) is 0.389. The van der Waals surface area contributed by atoms with Crippen molar-refractivity contribution in [3.05, 3.63) is 41.7 Å². The molecule has 7 nitrogen and oxygen atoms in total. The van der Waals surface area contributed by atoms with E-state index >= 15 is 0 Å². The van der Waals surface area contributed by atoms with Crippen molar-refractivity contribution in [1.82, 2.24) is 24.9 Å². The number of para-hydroxylation sites is 1. The minimum atomic E-state index is -0.641. The molecule has 3 aromatic rings. The number of hydrogen-bond donors (Lipinski definition) is 1. The molecule has 1 amide bonds. The van der Waals surface area contributed by atoms with Gasteiger partial charge in [0.15, 0.2) is 6.10 Å². The third-order valence-electron chi connectivity index (χ3n) is 4.11. The number of nitrogens with zero attached hydrogens (tertiary/aromatic N) is 4. The van der Waals surface area contributed by atoms with E-state index in [1.165, 1.54) is 0 Å². The van der Waals surface area contributed by atoms with Crippen molar-refractivity contribution in [2.75, 3.05) is 0 Å². The predicted octanol–water partition coefficient (Wildman–Crippen LogP) is 2.18. The van der Waals surface area contributed by atoms with Gasteiger partial charge in [-0.1, -0.05) is 12.1 Å². The largest absolute Gasteiger partial charge is 0.463 e. The van der Waals surface area contributed by atoms with Gasteiger partial charge in [-0.15, -0.1) is 5.10 Å². The summed E-state index contributed by atoms with van der Waals surface area (Å²) in [4.78, 5) is 12.4. The first-order chi connectivity index (χ1) is 12.0. The highest BCUT2D eigenvalue weighted by atomic mass is 16.5. The maximum Gasteiger partial charge on any atom is 0.261 e. The zero-order valence-corrected chi connectivity index (χ0v) is 15.0. The minimum absolute atomic E-state index is 0.184. The van der Waals surface area contributed by atoms with Crippen LogP contribution < -0.4 is 10.1 Å². The van der Waals surface area contributed by atoms with Gasteiger partial charge in [-0.3, -0.25) is 14.2 Å². The number of rotatable bonds is 6. The van der Waals surface area contributed by atoms with Gasteiger partial charge in [0.25, 0.3) is 5.91 Å². The Morgan fingerprint density at radius 1 is 1.32 bits per heavy atom. The smallest absolute Gasteiger partial charge is 0.261 e. The Morgan fingerprint density at radius 3 is 2.84 bits per heavy atom. The van der Waals surface area contributed by atoms with Gasteiger partial charge in [0.1, 0.15) is 0 Å². The van der Waals surface area contributed by atoms with E-state index in [1.807, 2.05) is 55.9 Å². The molecule has 0 saturated carbocycles. The summed E-state index contributed by atoms with van der Waals surface area (Å²) in [5, 5.41) is 12.5. The zero-order valence-electron chi connectivity index (χ0n) is 15.0. The molecule has 132 valence electrons. The Balaban J connectivity index is 1.66. The number of hydrogen-bond acceptors (Lipinski definition) is 4. The summed E-state index contributed by atoms with van der Waals surface area (Å²) in [5.41, 5.74) is 2.88. The number of aromatic nitrogens is 4. The summed E-state index contributed by atoms with van der Waals surface area (Å²) in [6.45, 7) is 6.88. The first kappa shape index (κ1) is 17.0. The number of ether oxygens (including phenoxy) is 1. The topological polar surface area (TPSA) is 74.0 Å². The van der Waals surface area contributed by atoms with Crippen molar-refractivity contribution in [1.29, 1.82) is 0 Å². The van der Waals surface area contributed by atoms with E-state index in [0.29, 0.717) is 12.4 Å². The molecule has 3 rings (SSSR count). The molecule has 1 aromatic carbocycles. The lowest BCUT2D eigenvalue weighted by Crippen LogP contribution is -2.36. The molecule has 1 atom stereocenters. The molecule has 0 aliphatic heterocycles. The lowest BCUT2D eigenvalue weighted by atomic mass is 10.2. The van der Waals surface area contributed by atoms with Gasteiger partial charge in [-0.05, 0) is 39.0 Å². The first-order valence-electron chi connectivity index (χ1n) is 8.39. The Labute approximate surface area is 146 Å². The van der Waals surface area contributed by atoms with Crippen molar-refractivity contribution in [2.24, 2.45) is 7.05 Å². The number of amides is 1. The van der Waals surface area contributed by atoms with Gasteiger partial charge in [-0.25, -0.2) is 0 Å². The molecular formula is C18H23N5O2. The zero-order chi connectivity index (χ0) is 18.0. The normalized spacial score (nSPS) is 12.3. The average Bonchev–Trinajstić information content (AvgIpc) is 3.13. The molecule has 2 aromatic heterocycles. The molecule has 0 bridgehead atoms. The van der Waals surface area contributed by atoms with Crippen molar-refractivity contribution >= 4 is 16.8 Å². The van der Waals surface area contributed by atoms with E-state index in [2.05, 4.69) is 15.5 Å². The molecule has 25 heavy (non-hydrogen) atoms. The number of benzene rings is 1. The first-order valence-corrected chi connectivity index (χ1v) is 8.39. The lowest BCUT2D eigenvalue weighted by Gasteiger charge is -2.13. The van der Waals surface area contributed by atoms with Crippen LogP contribution in [0.1, 0.15) is 25.2 Å². The van der Waals surface area contributed by atoms with Gasteiger partial charge >= 0.3 is 0 Å². The minimum Gasteiger partial charge on any atom is -0.463 e. The van der Waals surface area contributed by atoms with E-state index in [1.54, 1.807) is 11.6 Å². The second kappa shape index (κ2) is 6.96. The number of carbonyl (C=O) groups is 1. The number of aryl methyl sites for hydroxylation is 3. The monoisotopic (exact) mass is 341 g/mol. The molecule has 0 unspecified atom stereocenters. The van der Waals surface area contributed by atoms with Crippen LogP contribution in [-0.4, -0.2) is 31.6 Å². The number of nitrogens with one attached hydrogen (secondary N) is 1. The van der Waals surface area contributed by atoms with Crippen LogP contribution in [0.2, 0.25) is 0 Å². The Kier molecular flexibility index (Phi) is 4.74. The molecular weight excluding hydrogens is 318 g/mol. The SMILES string of the molecule is CCn1nc(C)cc1CNC(=O)[C@@H](C)Oc1nn(C)c2ccccc12. The highest BCUT2D eigenvalue weighted by Gasteiger charge is 2.18. The van der Waals surface area contributed by atoms with Gasteiger partial charge in [0.2, 0.25) is 5.88 Å². The van der Waals surface area contributed by atoms with Crippen molar-refractivity contribution in [3.63, 3.8) is 0 Å². The molecule has 0 radical (unpaired) electrons. The lowest BCUT2D eigenvalue weighted by molar-refractivity contribution is -0.127. The van der Waals surface area contributed by atoms with E-state index in [0.717, 1.165) is 28.8 Å². The van der Waals surface area contributed by atoms with Crippen LogP contribution >= 0.6 is 0 Å². The predicted molar refractivity (Wildman–Crippen MR) is 95.3 cm³/mol. The third-order valence-corrected chi connectivity index (χ3v) is 4.11. The second-order valence-electron chi connectivity index (χ2n) is 6.02. The van der Waals surface area contributed by atoms with Crippen LogP contribution in [0.3, 0.4) is 0 Å². The summed E-state index contributed by atoms with van der Waals surface area (Å²) >= 11 is 0. The van der Waals surface area contributed by atoms with Gasteiger partial charge in [-0.2, -0.15) is 5.10 Å². The molecule has 0 saturated heterocycles. The summed E-state index contributed by atoms with van der Waals surface area (Å²) in [6.07, 6.45) is -0.641.